The Bertz CT molecular complexity index is 474. The van der Waals surface area contributed by atoms with E-state index in [1.807, 2.05) is 18.3 Å². The molecule has 0 radical (unpaired) electrons. The van der Waals surface area contributed by atoms with Gasteiger partial charge >= 0.3 is 0 Å². The van der Waals surface area contributed by atoms with Crippen LogP contribution in [0.15, 0.2) is 29.4 Å². The highest BCUT2D eigenvalue weighted by Gasteiger charge is 2.16. The van der Waals surface area contributed by atoms with E-state index in [4.69, 9.17) is 4.99 Å². The average Bonchev–Trinajstić information content (AvgIpc) is 2.61. The molecular formula is C19H33N5. The minimum absolute atomic E-state index is 0.743. The zero-order valence-electron chi connectivity index (χ0n) is 15.3. The van der Waals surface area contributed by atoms with Crippen molar-refractivity contribution in [2.75, 3.05) is 32.7 Å². The van der Waals surface area contributed by atoms with E-state index in [9.17, 15) is 0 Å². The summed E-state index contributed by atoms with van der Waals surface area (Å²) in [5, 5.41) is 6.72. The van der Waals surface area contributed by atoms with Crippen LogP contribution < -0.4 is 10.6 Å². The minimum atomic E-state index is 0.743. The Morgan fingerprint density at radius 2 is 2.25 bits per heavy atom. The number of hydrogen-bond acceptors (Lipinski definition) is 3. The normalized spacial score (nSPS) is 19.2. The van der Waals surface area contributed by atoms with E-state index in [1.165, 1.54) is 25.8 Å². The quantitative estimate of drug-likeness (QED) is 0.436. The summed E-state index contributed by atoms with van der Waals surface area (Å²) in [5.41, 5.74) is 1.11. The predicted molar refractivity (Wildman–Crippen MR) is 101 cm³/mol. The number of likely N-dealkylation sites (tertiary alicyclic amines) is 1. The van der Waals surface area contributed by atoms with Gasteiger partial charge in [0.15, 0.2) is 5.96 Å². The van der Waals surface area contributed by atoms with Crippen molar-refractivity contribution >= 4 is 5.96 Å². The second-order valence-electron chi connectivity index (χ2n) is 6.49. The Hall–Kier alpha value is -1.62. The molecular weight excluding hydrogens is 298 g/mol. The van der Waals surface area contributed by atoms with Crippen LogP contribution in [0.4, 0.5) is 0 Å². The monoisotopic (exact) mass is 331 g/mol. The van der Waals surface area contributed by atoms with Gasteiger partial charge in [-0.2, -0.15) is 0 Å². The van der Waals surface area contributed by atoms with E-state index in [1.54, 1.807) is 0 Å². The molecule has 1 aromatic heterocycles. The Labute approximate surface area is 147 Å². The summed E-state index contributed by atoms with van der Waals surface area (Å²) in [4.78, 5) is 11.7. The summed E-state index contributed by atoms with van der Waals surface area (Å²) in [6.07, 6.45) is 7.97. The number of guanidine groups is 1. The van der Waals surface area contributed by atoms with Crippen molar-refractivity contribution in [2.24, 2.45) is 4.99 Å². The average molecular weight is 332 g/mol. The van der Waals surface area contributed by atoms with Crippen LogP contribution in [0.25, 0.3) is 0 Å². The first-order chi connectivity index (χ1) is 11.8. The number of aromatic nitrogens is 1. The third-order valence-corrected chi connectivity index (χ3v) is 4.56. The van der Waals surface area contributed by atoms with E-state index in [0.29, 0.717) is 0 Å². The Balaban J connectivity index is 1.67. The summed E-state index contributed by atoms with van der Waals surface area (Å²) >= 11 is 0. The lowest BCUT2D eigenvalue weighted by molar-refractivity contribution is 0.160. The molecule has 2 rings (SSSR count). The Morgan fingerprint density at radius 1 is 1.33 bits per heavy atom. The van der Waals surface area contributed by atoms with Crippen LogP contribution in [0.2, 0.25) is 0 Å². The molecule has 0 aromatic carbocycles. The molecule has 0 amide bonds. The van der Waals surface area contributed by atoms with E-state index in [-0.39, 0.29) is 0 Å². The number of pyridine rings is 1. The molecule has 24 heavy (non-hydrogen) atoms. The Morgan fingerprint density at radius 3 is 3.00 bits per heavy atom. The third-order valence-electron chi connectivity index (χ3n) is 4.56. The van der Waals surface area contributed by atoms with Crippen LogP contribution >= 0.6 is 0 Å². The van der Waals surface area contributed by atoms with Gasteiger partial charge in [-0.15, -0.1) is 0 Å². The molecule has 2 heterocycles. The van der Waals surface area contributed by atoms with E-state index >= 15 is 0 Å². The van der Waals surface area contributed by atoms with Crippen molar-refractivity contribution in [3.63, 3.8) is 0 Å². The molecule has 0 spiro atoms. The summed E-state index contributed by atoms with van der Waals surface area (Å²) < 4.78 is 0. The third kappa shape index (κ3) is 6.87. The van der Waals surface area contributed by atoms with Gasteiger partial charge in [0.2, 0.25) is 0 Å². The molecule has 1 aliphatic heterocycles. The standard InChI is InChI=1S/C19H33N5/c1-3-20-19(23-14-11-18-10-4-6-12-21-18)22-13-8-16-24-15-7-5-9-17(24)2/h4,6,10,12,17H,3,5,7-9,11,13-16H2,1-2H3,(H2,20,22,23). The molecule has 2 N–H and O–H groups in total. The molecule has 5 heteroatoms. The van der Waals surface area contributed by atoms with Gasteiger partial charge in [0.05, 0.1) is 0 Å². The van der Waals surface area contributed by atoms with E-state index in [0.717, 1.165) is 56.7 Å². The van der Waals surface area contributed by atoms with Crippen LogP contribution in [0, 0.1) is 0 Å². The second-order valence-corrected chi connectivity index (χ2v) is 6.49. The molecule has 1 saturated heterocycles. The first-order valence-electron chi connectivity index (χ1n) is 9.45. The first-order valence-corrected chi connectivity index (χ1v) is 9.45. The molecule has 5 nitrogen and oxygen atoms in total. The molecule has 0 bridgehead atoms. The maximum absolute atomic E-state index is 4.70. The Kier molecular flexibility index (Phi) is 8.60. The van der Waals surface area contributed by atoms with E-state index in [2.05, 4.69) is 40.4 Å². The van der Waals surface area contributed by atoms with Crippen LogP contribution in [0.1, 0.15) is 45.2 Å². The smallest absolute Gasteiger partial charge is 0.191 e. The number of piperidine rings is 1. The predicted octanol–water partition coefficient (Wildman–Crippen LogP) is 2.44. The zero-order chi connectivity index (χ0) is 17.0. The number of hydrogen-bond donors (Lipinski definition) is 2. The van der Waals surface area contributed by atoms with Crippen LogP contribution in [0.5, 0.6) is 0 Å². The SMILES string of the molecule is CCNC(=NCCCN1CCCCC1C)NCCc1ccccn1. The number of aliphatic imine (C=N–C) groups is 1. The lowest BCUT2D eigenvalue weighted by Crippen LogP contribution is -2.39. The first kappa shape index (κ1) is 18.7. The van der Waals surface area contributed by atoms with Gasteiger partial charge in [0, 0.05) is 50.5 Å². The van der Waals surface area contributed by atoms with Gasteiger partial charge in [-0.25, -0.2) is 0 Å². The molecule has 0 saturated carbocycles. The van der Waals surface area contributed by atoms with Gasteiger partial charge in [-0.1, -0.05) is 12.5 Å². The fraction of sp³-hybridized carbons (Fsp3) is 0.684. The summed E-state index contributed by atoms with van der Waals surface area (Å²) in [5.74, 6) is 0.917. The highest BCUT2D eigenvalue weighted by molar-refractivity contribution is 5.79. The fourth-order valence-electron chi connectivity index (χ4n) is 3.15. The van der Waals surface area contributed by atoms with Gasteiger partial charge in [0.25, 0.3) is 0 Å². The lowest BCUT2D eigenvalue weighted by atomic mass is 10.0. The van der Waals surface area contributed by atoms with Crippen molar-refractivity contribution < 1.29 is 0 Å². The zero-order valence-corrected chi connectivity index (χ0v) is 15.3. The molecule has 1 aromatic rings. The molecule has 1 aliphatic rings. The van der Waals surface area contributed by atoms with Crippen molar-refractivity contribution in [1.82, 2.24) is 20.5 Å². The maximum Gasteiger partial charge on any atom is 0.191 e. The minimum Gasteiger partial charge on any atom is -0.357 e. The molecule has 1 fully saturated rings. The van der Waals surface area contributed by atoms with Crippen molar-refractivity contribution in [1.29, 1.82) is 0 Å². The lowest BCUT2D eigenvalue weighted by Gasteiger charge is -2.33. The molecule has 134 valence electrons. The number of nitrogens with zero attached hydrogens (tertiary/aromatic N) is 3. The summed E-state index contributed by atoms with van der Waals surface area (Å²) in [6, 6.07) is 6.79. The van der Waals surface area contributed by atoms with Crippen LogP contribution in [-0.2, 0) is 6.42 Å². The largest absolute Gasteiger partial charge is 0.357 e. The van der Waals surface area contributed by atoms with Crippen molar-refractivity contribution in [3.8, 4) is 0 Å². The number of rotatable bonds is 8. The molecule has 1 unspecified atom stereocenters. The van der Waals surface area contributed by atoms with Crippen LogP contribution in [0.3, 0.4) is 0 Å². The van der Waals surface area contributed by atoms with Gasteiger partial charge in [-0.3, -0.25) is 9.98 Å². The second kappa shape index (κ2) is 11.0. The number of nitrogens with one attached hydrogen (secondary N) is 2. The topological polar surface area (TPSA) is 52.6 Å². The molecule has 0 aliphatic carbocycles. The van der Waals surface area contributed by atoms with Crippen molar-refractivity contribution in [3.05, 3.63) is 30.1 Å². The summed E-state index contributed by atoms with van der Waals surface area (Å²) in [7, 11) is 0. The molecule has 1 atom stereocenters. The van der Waals surface area contributed by atoms with Gasteiger partial charge < -0.3 is 15.5 Å². The fourth-order valence-corrected chi connectivity index (χ4v) is 3.15. The van der Waals surface area contributed by atoms with Crippen LogP contribution in [-0.4, -0.2) is 54.6 Å². The van der Waals surface area contributed by atoms with E-state index < -0.39 is 0 Å². The summed E-state index contributed by atoms with van der Waals surface area (Å²) in [6.45, 7) is 9.50. The van der Waals surface area contributed by atoms with Crippen molar-refractivity contribution in [2.45, 2.75) is 52.0 Å². The maximum atomic E-state index is 4.70. The van der Waals surface area contributed by atoms with Gasteiger partial charge in [0.1, 0.15) is 0 Å². The highest BCUT2D eigenvalue weighted by Crippen LogP contribution is 2.16. The highest BCUT2D eigenvalue weighted by atomic mass is 15.2. The van der Waals surface area contributed by atoms with Gasteiger partial charge in [-0.05, 0) is 51.8 Å².